The lowest BCUT2D eigenvalue weighted by atomic mass is 10.2. The van der Waals surface area contributed by atoms with Crippen LogP contribution in [0.15, 0.2) is 18.2 Å². The van der Waals surface area contributed by atoms with Gasteiger partial charge in [-0.25, -0.2) is 0 Å². The predicted molar refractivity (Wildman–Crippen MR) is 51.8 cm³/mol. The number of ether oxygens (including phenoxy) is 2. The van der Waals surface area contributed by atoms with Gasteiger partial charge in [0.25, 0.3) is 0 Å². The molecule has 0 atom stereocenters. The van der Waals surface area contributed by atoms with E-state index >= 15 is 0 Å². The van der Waals surface area contributed by atoms with Gasteiger partial charge in [0.15, 0.2) is 6.79 Å². The quantitative estimate of drug-likeness (QED) is 0.756. The molecule has 0 spiro atoms. The van der Waals surface area contributed by atoms with Crippen LogP contribution in [-0.2, 0) is 11.3 Å². The summed E-state index contributed by atoms with van der Waals surface area (Å²) in [5.41, 5.74) is 6.43. The molecule has 13 heavy (non-hydrogen) atoms. The van der Waals surface area contributed by atoms with Crippen molar-refractivity contribution in [2.75, 3.05) is 13.9 Å². The average Bonchev–Trinajstić information content (AvgIpc) is 2.15. The number of nitrogens with two attached hydrogens (primary N) is 1. The zero-order valence-electron chi connectivity index (χ0n) is 7.42. The van der Waals surface area contributed by atoms with Gasteiger partial charge in [-0.1, -0.05) is 17.7 Å². The highest BCUT2D eigenvalue weighted by molar-refractivity contribution is 6.30. The summed E-state index contributed by atoms with van der Waals surface area (Å²) in [4.78, 5) is 0. The van der Waals surface area contributed by atoms with Crippen LogP contribution in [0.5, 0.6) is 5.75 Å². The van der Waals surface area contributed by atoms with E-state index in [2.05, 4.69) is 0 Å². The summed E-state index contributed by atoms with van der Waals surface area (Å²) in [6.45, 7) is 0.629. The van der Waals surface area contributed by atoms with Gasteiger partial charge in [0, 0.05) is 24.2 Å². The van der Waals surface area contributed by atoms with Crippen molar-refractivity contribution in [3.63, 3.8) is 0 Å². The van der Waals surface area contributed by atoms with Crippen LogP contribution < -0.4 is 10.5 Å². The Morgan fingerprint density at radius 1 is 1.46 bits per heavy atom. The lowest BCUT2D eigenvalue weighted by Gasteiger charge is -2.09. The first-order valence-corrected chi connectivity index (χ1v) is 4.26. The number of hydrogen-bond acceptors (Lipinski definition) is 3. The van der Waals surface area contributed by atoms with Crippen LogP contribution in [0, 0.1) is 0 Å². The van der Waals surface area contributed by atoms with Crippen LogP contribution in [0.1, 0.15) is 5.56 Å². The molecule has 0 aliphatic rings. The topological polar surface area (TPSA) is 44.5 Å². The first-order valence-electron chi connectivity index (χ1n) is 3.88. The van der Waals surface area contributed by atoms with Crippen LogP contribution in [0.4, 0.5) is 0 Å². The van der Waals surface area contributed by atoms with Crippen molar-refractivity contribution >= 4 is 11.6 Å². The monoisotopic (exact) mass is 201 g/mol. The SMILES string of the molecule is COCOc1cc(Cl)ccc1CN. The molecular formula is C9H12ClNO2. The Kier molecular flexibility index (Phi) is 4.02. The first-order chi connectivity index (χ1) is 6.27. The van der Waals surface area contributed by atoms with E-state index in [0.29, 0.717) is 17.3 Å². The van der Waals surface area contributed by atoms with Crippen molar-refractivity contribution in [2.45, 2.75) is 6.54 Å². The van der Waals surface area contributed by atoms with Gasteiger partial charge in [0.05, 0.1) is 0 Å². The van der Waals surface area contributed by atoms with E-state index in [1.807, 2.05) is 6.07 Å². The normalized spacial score (nSPS) is 10.1. The zero-order valence-corrected chi connectivity index (χ0v) is 8.17. The van der Waals surface area contributed by atoms with Gasteiger partial charge >= 0.3 is 0 Å². The molecule has 0 radical (unpaired) electrons. The van der Waals surface area contributed by atoms with E-state index < -0.39 is 0 Å². The van der Waals surface area contributed by atoms with Gasteiger partial charge in [-0.05, 0) is 12.1 Å². The molecule has 0 saturated heterocycles. The first kappa shape index (κ1) is 10.3. The maximum absolute atomic E-state index is 5.79. The summed E-state index contributed by atoms with van der Waals surface area (Å²) < 4.78 is 10.1. The van der Waals surface area contributed by atoms with Gasteiger partial charge in [0.1, 0.15) is 5.75 Å². The van der Waals surface area contributed by atoms with Crippen molar-refractivity contribution in [3.05, 3.63) is 28.8 Å². The zero-order chi connectivity index (χ0) is 9.68. The molecule has 0 amide bonds. The Morgan fingerprint density at radius 3 is 2.85 bits per heavy atom. The maximum atomic E-state index is 5.79. The van der Waals surface area contributed by atoms with Crippen molar-refractivity contribution in [1.29, 1.82) is 0 Å². The number of benzene rings is 1. The minimum Gasteiger partial charge on any atom is -0.467 e. The van der Waals surface area contributed by atoms with Crippen molar-refractivity contribution in [1.82, 2.24) is 0 Å². The Balaban J connectivity index is 2.81. The maximum Gasteiger partial charge on any atom is 0.188 e. The fourth-order valence-corrected chi connectivity index (χ4v) is 1.12. The fraction of sp³-hybridized carbons (Fsp3) is 0.333. The molecule has 0 aliphatic carbocycles. The molecule has 3 nitrogen and oxygen atoms in total. The van der Waals surface area contributed by atoms with Crippen LogP contribution in [-0.4, -0.2) is 13.9 Å². The number of halogens is 1. The van der Waals surface area contributed by atoms with Gasteiger partial charge in [-0.3, -0.25) is 0 Å². The minimum atomic E-state index is 0.202. The smallest absolute Gasteiger partial charge is 0.188 e. The molecule has 0 aromatic heterocycles. The van der Waals surface area contributed by atoms with Crippen molar-refractivity contribution in [2.24, 2.45) is 5.73 Å². The average molecular weight is 202 g/mol. The lowest BCUT2D eigenvalue weighted by Crippen LogP contribution is -2.04. The largest absolute Gasteiger partial charge is 0.467 e. The molecule has 0 aliphatic heterocycles. The third-order valence-electron chi connectivity index (χ3n) is 1.58. The number of methoxy groups -OCH3 is 1. The van der Waals surface area contributed by atoms with E-state index in [0.717, 1.165) is 5.56 Å². The number of rotatable bonds is 4. The molecule has 0 unspecified atom stereocenters. The summed E-state index contributed by atoms with van der Waals surface area (Å²) in [5, 5.41) is 0.628. The van der Waals surface area contributed by atoms with Crippen LogP contribution in [0.25, 0.3) is 0 Å². The molecule has 0 bridgehead atoms. The van der Waals surface area contributed by atoms with Gasteiger partial charge in [-0.15, -0.1) is 0 Å². The van der Waals surface area contributed by atoms with Gasteiger partial charge < -0.3 is 15.2 Å². The van der Waals surface area contributed by atoms with E-state index in [1.165, 1.54) is 0 Å². The summed E-state index contributed by atoms with van der Waals surface area (Å²) in [6, 6.07) is 5.35. The number of hydrogen-bond donors (Lipinski definition) is 1. The molecule has 4 heteroatoms. The van der Waals surface area contributed by atoms with Gasteiger partial charge in [-0.2, -0.15) is 0 Å². The Bertz CT molecular complexity index is 278. The molecule has 0 saturated carbocycles. The predicted octanol–water partition coefficient (Wildman–Crippen LogP) is 1.78. The molecule has 1 aromatic carbocycles. The van der Waals surface area contributed by atoms with Crippen LogP contribution >= 0.6 is 11.6 Å². The minimum absolute atomic E-state index is 0.202. The molecule has 0 fully saturated rings. The van der Waals surface area contributed by atoms with E-state index in [4.69, 9.17) is 26.8 Å². The van der Waals surface area contributed by atoms with Crippen LogP contribution in [0.2, 0.25) is 5.02 Å². The molecule has 1 aromatic rings. The highest BCUT2D eigenvalue weighted by Crippen LogP contribution is 2.22. The van der Waals surface area contributed by atoms with Crippen molar-refractivity contribution in [3.8, 4) is 5.75 Å². The molecule has 1 rings (SSSR count). The third-order valence-corrected chi connectivity index (χ3v) is 1.82. The molecule has 0 heterocycles. The Morgan fingerprint density at radius 2 is 2.23 bits per heavy atom. The Labute approximate surface area is 82.4 Å². The summed E-state index contributed by atoms with van der Waals surface area (Å²) in [7, 11) is 1.56. The summed E-state index contributed by atoms with van der Waals surface area (Å²) in [5.74, 6) is 0.678. The molecular weight excluding hydrogens is 190 g/mol. The third kappa shape index (κ3) is 2.88. The lowest BCUT2D eigenvalue weighted by molar-refractivity contribution is 0.0504. The fourth-order valence-electron chi connectivity index (χ4n) is 0.954. The summed E-state index contributed by atoms with van der Waals surface area (Å²) >= 11 is 5.79. The van der Waals surface area contributed by atoms with Crippen LogP contribution in [0.3, 0.4) is 0 Å². The second-order valence-electron chi connectivity index (χ2n) is 2.51. The molecule has 2 N–H and O–H groups in total. The second kappa shape index (κ2) is 5.07. The Hall–Kier alpha value is -0.770. The van der Waals surface area contributed by atoms with E-state index in [9.17, 15) is 0 Å². The second-order valence-corrected chi connectivity index (χ2v) is 2.94. The van der Waals surface area contributed by atoms with Gasteiger partial charge in [0.2, 0.25) is 0 Å². The van der Waals surface area contributed by atoms with E-state index in [1.54, 1.807) is 19.2 Å². The highest BCUT2D eigenvalue weighted by Gasteiger charge is 2.02. The highest BCUT2D eigenvalue weighted by atomic mass is 35.5. The summed E-state index contributed by atoms with van der Waals surface area (Å²) in [6.07, 6.45) is 0. The molecule has 72 valence electrons. The van der Waals surface area contributed by atoms with E-state index in [-0.39, 0.29) is 6.79 Å². The van der Waals surface area contributed by atoms with Crippen molar-refractivity contribution < 1.29 is 9.47 Å². The standard InChI is InChI=1S/C9H12ClNO2/c1-12-6-13-9-4-8(10)3-2-7(9)5-11/h2-4H,5-6,11H2,1H3.